The molecule has 2 saturated heterocycles. The molecule has 160 valence electrons. The molecule has 2 aromatic rings. The summed E-state index contributed by atoms with van der Waals surface area (Å²) in [5, 5.41) is 0. The molecule has 0 bridgehead atoms. The van der Waals surface area contributed by atoms with E-state index in [1.807, 2.05) is 30.3 Å². The number of amides is 2. The Morgan fingerprint density at radius 2 is 1.63 bits per heavy atom. The molecule has 2 amide bonds. The lowest BCUT2D eigenvalue weighted by Crippen LogP contribution is -2.49. The first kappa shape index (κ1) is 20.6. The minimum absolute atomic E-state index is 0.167. The van der Waals surface area contributed by atoms with E-state index in [1.54, 1.807) is 21.9 Å². The lowest BCUT2D eigenvalue weighted by atomic mass is 10.1. The van der Waals surface area contributed by atoms with Gasteiger partial charge in [-0.2, -0.15) is 4.31 Å². The van der Waals surface area contributed by atoms with Crippen LogP contribution in [0.5, 0.6) is 5.75 Å². The lowest BCUT2D eigenvalue weighted by molar-refractivity contribution is 0.0400. The van der Waals surface area contributed by atoms with E-state index in [0.717, 1.165) is 5.56 Å². The van der Waals surface area contributed by atoms with Gasteiger partial charge in [0.05, 0.1) is 25.2 Å². The number of carbonyl (C=O) groups excluding carboxylic acids is 1. The Labute approximate surface area is 176 Å². The molecule has 8 nitrogen and oxygen atoms in total. The third kappa shape index (κ3) is 3.88. The summed E-state index contributed by atoms with van der Waals surface area (Å²) in [5.74, 6) is 0.583. The second-order valence-corrected chi connectivity index (χ2v) is 9.04. The molecule has 2 heterocycles. The molecule has 30 heavy (non-hydrogen) atoms. The van der Waals surface area contributed by atoms with Crippen molar-refractivity contribution in [2.75, 3.05) is 46.5 Å². The Kier molecular flexibility index (Phi) is 5.94. The number of urea groups is 1. The Bertz CT molecular complexity index is 975. The van der Waals surface area contributed by atoms with Gasteiger partial charge in [0.1, 0.15) is 11.9 Å². The summed E-state index contributed by atoms with van der Waals surface area (Å²) in [6.07, 6.45) is -0.700. The number of hydrogen-bond donors (Lipinski definition) is 0. The van der Waals surface area contributed by atoms with Crippen LogP contribution in [0.1, 0.15) is 11.7 Å². The summed E-state index contributed by atoms with van der Waals surface area (Å²) in [6, 6.07) is 15.4. The molecule has 1 atom stereocenters. The summed E-state index contributed by atoms with van der Waals surface area (Å²) in [5.41, 5.74) is 0.758. The van der Waals surface area contributed by atoms with E-state index in [0.29, 0.717) is 38.6 Å². The topological polar surface area (TPSA) is 79.4 Å². The van der Waals surface area contributed by atoms with Crippen LogP contribution in [-0.4, -0.2) is 75.1 Å². The highest BCUT2D eigenvalue weighted by molar-refractivity contribution is 7.89. The maximum absolute atomic E-state index is 13.5. The fourth-order valence-corrected chi connectivity index (χ4v) is 5.42. The summed E-state index contributed by atoms with van der Waals surface area (Å²) in [6.45, 7) is 2.53. The van der Waals surface area contributed by atoms with Crippen LogP contribution in [0.4, 0.5) is 4.79 Å². The Morgan fingerprint density at radius 3 is 2.27 bits per heavy atom. The predicted molar refractivity (Wildman–Crippen MR) is 111 cm³/mol. The quantitative estimate of drug-likeness (QED) is 0.741. The highest BCUT2D eigenvalue weighted by Gasteiger charge is 2.44. The van der Waals surface area contributed by atoms with Crippen LogP contribution in [0.3, 0.4) is 0 Å². The van der Waals surface area contributed by atoms with Crippen molar-refractivity contribution in [3.63, 3.8) is 0 Å². The van der Waals surface area contributed by atoms with Crippen LogP contribution in [0.2, 0.25) is 0 Å². The Morgan fingerprint density at radius 1 is 0.967 bits per heavy atom. The van der Waals surface area contributed by atoms with Gasteiger partial charge in [-0.05, 0) is 29.8 Å². The maximum Gasteiger partial charge on any atom is 0.321 e. The number of nitrogens with zero attached hydrogens (tertiary/aromatic N) is 3. The van der Waals surface area contributed by atoms with E-state index < -0.39 is 16.2 Å². The van der Waals surface area contributed by atoms with Crippen molar-refractivity contribution in [2.45, 2.75) is 11.1 Å². The lowest BCUT2D eigenvalue weighted by Gasteiger charge is -2.35. The minimum Gasteiger partial charge on any atom is -0.497 e. The van der Waals surface area contributed by atoms with Crippen molar-refractivity contribution < 1.29 is 22.7 Å². The largest absolute Gasteiger partial charge is 0.497 e. The maximum atomic E-state index is 13.5. The number of carbonyl (C=O) groups is 1. The summed E-state index contributed by atoms with van der Waals surface area (Å²) < 4.78 is 38.8. The van der Waals surface area contributed by atoms with E-state index in [1.165, 1.54) is 23.5 Å². The zero-order chi connectivity index (χ0) is 21.1. The molecule has 0 spiro atoms. The van der Waals surface area contributed by atoms with Crippen LogP contribution in [0.15, 0.2) is 59.5 Å². The molecule has 2 aliphatic heterocycles. The van der Waals surface area contributed by atoms with E-state index in [-0.39, 0.29) is 17.5 Å². The van der Waals surface area contributed by atoms with Crippen molar-refractivity contribution in [2.24, 2.45) is 0 Å². The van der Waals surface area contributed by atoms with Gasteiger partial charge in [-0.1, -0.05) is 30.3 Å². The van der Waals surface area contributed by atoms with Gasteiger partial charge in [-0.15, -0.1) is 0 Å². The third-order valence-electron chi connectivity index (χ3n) is 5.42. The number of morpholine rings is 1. The normalized spacial score (nSPS) is 20.4. The van der Waals surface area contributed by atoms with Gasteiger partial charge < -0.3 is 19.3 Å². The van der Waals surface area contributed by atoms with Crippen molar-refractivity contribution in [3.8, 4) is 5.75 Å². The fourth-order valence-electron chi connectivity index (χ4n) is 3.85. The average molecular weight is 432 g/mol. The van der Waals surface area contributed by atoms with Gasteiger partial charge in [0, 0.05) is 26.2 Å². The van der Waals surface area contributed by atoms with Crippen molar-refractivity contribution in [1.82, 2.24) is 14.1 Å². The molecule has 2 aromatic carbocycles. The first-order chi connectivity index (χ1) is 14.5. The van der Waals surface area contributed by atoms with Crippen molar-refractivity contribution in [1.29, 1.82) is 0 Å². The second-order valence-electron chi connectivity index (χ2n) is 7.15. The molecule has 2 aliphatic rings. The van der Waals surface area contributed by atoms with Crippen molar-refractivity contribution >= 4 is 16.1 Å². The number of ether oxygens (including phenoxy) is 2. The standard InChI is InChI=1S/C21H25N3O5S/c1-28-18-7-9-19(10-8-18)30(26,27)24-12-11-23(20(24)17-5-3-2-4-6-17)21(25)22-13-15-29-16-14-22/h2-10,20H,11-16H2,1H3. The predicted octanol–water partition coefficient (Wildman–Crippen LogP) is 2.15. The van der Waals surface area contributed by atoms with Gasteiger partial charge in [-0.3, -0.25) is 0 Å². The van der Waals surface area contributed by atoms with Gasteiger partial charge in [0.25, 0.3) is 0 Å². The Hall–Kier alpha value is -2.62. The molecule has 0 aliphatic carbocycles. The zero-order valence-electron chi connectivity index (χ0n) is 16.8. The number of sulfonamides is 1. The molecule has 2 fully saturated rings. The van der Waals surface area contributed by atoms with Crippen LogP contribution >= 0.6 is 0 Å². The monoisotopic (exact) mass is 431 g/mol. The molecular weight excluding hydrogens is 406 g/mol. The zero-order valence-corrected chi connectivity index (χ0v) is 17.6. The molecule has 9 heteroatoms. The first-order valence-electron chi connectivity index (χ1n) is 9.86. The number of rotatable bonds is 4. The van der Waals surface area contributed by atoms with Crippen LogP contribution < -0.4 is 4.74 Å². The van der Waals surface area contributed by atoms with Crippen LogP contribution in [-0.2, 0) is 14.8 Å². The number of benzene rings is 2. The fraction of sp³-hybridized carbons (Fsp3) is 0.381. The highest BCUT2D eigenvalue weighted by atomic mass is 32.2. The van der Waals surface area contributed by atoms with E-state index in [4.69, 9.17) is 9.47 Å². The van der Waals surface area contributed by atoms with Gasteiger partial charge in [0.15, 0.2) is 0 Å². The van der Waals surface area contributed by atoms with Crippen molar-refractivity contribution in [3.05, 3.63) is 60.2 Å². The van der Waals surface area contributed by atoms with Crippen LogP contribution in [0.25, 0.3) is 0 Å². The first-order valence-corrected chi connectivity index (χ1v) is 11.3. The third-order valence-corrected chi connectivity index (χ3v) is 7.29. The molecule has 1 unspecified atom stereocenters. The molecular formula is C21H25N3O5S. The van der Waals surface area contributed by atoms with Gasteiger partial charge in [0.2, 0.25) is 10.0 Å². The molecule has 0 aromatic heterocycles. The van der Waals surface area contributed by atoms with E-state index >= 15 is 0 Å². The molecule has 0 saturated carbocycles. The van der Waals surface area contributed by atoms with Gasteiger partial charge >= 0.3 is 6.03 Å². The SMILES string of the molecule is COc1ccc(S(=O)(=O)N2CCN(C(=O)N3CCOCC3)C2c2ccccc2)cc1. The molecule has 0 radical (unpaired) electrons. The van der Waals surface area contributed by atoms with Crippen LogP contribution in [0, 0.1) is 0 Å². The van der Waals surface area contributed by atoms with E-state index in [2.05, 4.69) is 0 Å². The average Bonchev–Trinajstić information content (AvgIpc) is 3.26. The van der Waals surface area contributed by atoms with Gasteiger partial charge in [-0.25, -0.2) is 13.2 Å². The number of methoxy groups -OCH3 is 1. The Balaban J connectivity index is 1.68. The molecule has 4 rings (SSSR count). The highest BCUT2D eigenvalue weighted by Crippen LogP contribution is 2.36. The smallest absolute Gasteiger partial charge is 0.321 e. The minimum atomic E-state index is -3.82. The second kappa shape index (κ2) is 8.63. The summed E-state index contributed by atoms with van der Waals surface area (Å²) >= 11 is 0. The number of hydrogen-bond acceptors (Lipinski definition) is 5. The van der Waals surface area contributed by atoms with E-state index in [9.17, 15) is 13.2 Å². The molecule has 0 N–H and O–H groups in total. The summed E-state index contributed by atoms with van der Waals surface area (Å²) in [7, 11) is -2.29. The summed E-state index contributed by atoms with van der Waals surface area (Å²) in [4.78, 5) is 16.8.